The van der Waals surface area contributed by atoms with Crippen molar-refractivity contribution in [1.29, 1.82) is 0 Å². The van der Waals surface area contributed by atoms with Crippen LogP contribution in [0.3, 0.4) is 0 Å². The van der Waals surface area contributed by atoms with E-state index in [1.807, 2.05) is 32.0 Å². The normalized spacial score (nSPS) is 13.5. The topological polar surface area (TPSA) is 55.4 Å². The Labute approximate surface area is 131 Å². The van der Waals surface area contributed by atoms with Gasteiger partial charge < -0.3 is 4.74 Å². The Morgan fingerprint density at radius 1 is 1.23 bits per heavy atom. The molecule has 1 heterocycles. The number of hydrogen-bond donors (Lipinski definition) is 1. The Bertz CT molecular complexity index is 813. The molecule has 22 heavy (non-hydrogen) atoms. The molecule has 0 amide bonds. The molecule has 0 unspecified atom stereocenters. The minimum atomic E-state index is -3.60. The third kappa shape index (κ3) is 2.68. The monoisotopic (exact) mass is 317 g/mol. The van der Waals surface area contributed by atoms with E-state index in [0.29, 0.717) is 12.3 Å². The molecule has 4 nitrogen and oxygen atoms in total. The number of aryl methyl sites for hydroxylation is 2. The summed E-state index contributed by atoms with van der Waals surface area (Å²) in [7, 11) is -3.60. The van der Waals surface area contributed by atoms with Crippen LogP contribution in [0, 0.1) is 6.92 Å². The lowest BCUT2D eigenvalue weighted by molar-refractivity contribution is 0.356. The van der Waals surface area contributed by atoms with Crippen molar-refractivity contribution in [2.45, 2.75) is 31.6 Å². The largest absolute Gasteiger partial charge is 0.493 e. The van der Waals surface area contributed by atoms with Gasteiger partial charge in [0.15, 0.2) is 0 Å². The van der Waals surface area contributed by atoms with E-state index in [1.165, 1.54) is 0 Å². The molecule has 0 spiro atoms. The van der Waals surface area contributed by atoms with Gasteiger partial charge in [-0.05, 0) is 48.2 Å². The maximum atomic E-state index is 12.7. The van der Waals surface area contributed by atoms with Gasteiger partial charge in [0.25, 0.3) is 10.0 Å². The molecule has 0 radical (unpaired) electrons. The van der Waals surface area contributed by atoms with Crippen LogP contribution in [0.2, 0.25) is 0 Å². The number of nitrogens with one attached hydrogen (secondary N) is 1. The second kappa shape index (κ2) is 5.65. The highest BCUT2D eigenvalue weighted by Crippen LogP contribution is 2.29. The van der Waals surface area contributed by atoms with Gasteiger partial charge in [0.05, 0.1) is 17.2 Å². The van der Waals surface area contributed by atoms with Crippen molar-refractivity contribution >= 4 is 15.7 Å². The molecule has 0 saturated carbocycles. The number of benzene rings is 2. The Hall–Kier alpha value is -2.01. The predicted octanol–water partition coefficient (Wildman–Crippen LogP) is 3.29. The van der Waals surface area contributed by atoms with Gasteiger partial charge in [-0.3, -0.25) is 4.72 Å². The number of anilines is 1. The number of sulfonamides is 1. The first kappa shape index (κ1) is 14.9. The standard InChI is InChI=1S/C17H19NO3S/c1-3-13-6-4-5-12(2)17(13)18-22(19,20)15-7-8-16-14(11-15)9-10-21-16/h4-8,11,18H,3,9-10H2,1-2H3. The second-order valence-electron chi connectivity index (χ2n) is 5.44. The van der Waals surface area contributed by atoms with Crippen molar-refractivity contribution in [3.8, 4) is 5.75 Å². The highest BCUT2D eigenvalue weighted by Gasteiger charge is 2.20. The molecule has 1 aliphatic heterocycles. The lowest BCUT2D eigenvalue weighted by atomic mass is 10.1. The molecule has 0 aliphatic carbocycles. The SMILES string of the molecule is CCc1cccc(C)c1NS(=O)(=O)c1ccc2c(c1)CCO2. The fourth-order valence-corrected chi connectivity index (χ4v) is 3.92. The number of para-hydroxylation sites is 1. The molecule has 0 fully saturated rings. The number of rotatable bonds is 4. The van der Waals surface area contributed by atoms with Crippen LogP contribution in [-0.4, -0.2) is 15.0 Å². The summed E-state index contributed by atoms with van der Waals surface area (Å²) >= 11 is 0. The van der Waals surface area contributed by atoms with Crippen molar-refractivity contribution in [2.75, 3.05) is 11.3 Å². The van der Waals surface area contributed by atoms with E-state index in [4.69, 9.17) is 4.74 Å². The lowest BCUT2D eigenvalue weighted by Gasteiger charge is -2.14. The molecule has 1 N–H and O–H groups in total. The van der Waals surface area contributed by atoms with Gasteiger partial charge in [0.2, 0.25) is 0 Å². The van der Waals surface area contributed by atoms with E-state index in [0.717, 1.165) is 35.3 Å². The molecular formula is C17H19NO3S. The summed E-state index contributed by atoms with van der Waals surface area (Å²) in [6, 6.07) is 10.8. The summed E-state index contributed by atoms with van der Waals surface area (Å²) in [4.78, 5) is 0.280. The fourth-order valence-electron chi connectivity index (χ4n) is 2.69. The van der Waals surface area contributed by atoms with Gasteiger partial charge in [-0.15, -0.1) is 0 Å². The van der Waals surface area contributed by atoms with Crippen LogP contribution >= 0.6 is 0 Å². The number of hydrogen-bond acceptors (Lipinski definition) is 3. The maximum absolute atomic E-state index is 12.7. The molecule has 0 atom stereocenters. The zero-order valence-corrected chi connectivity index (χ0v) is 13.5. The van der Waals surface area contributed by atoms with Crippen LogP contribution in [-0.2, 0) is 22.9 Å². The summed E-state index contributed by atoms with van der Waals surface area (Å²) in [5.74, 6) is 0.782. The predicted molar refractivity (Wildman–Crippen MR) is 87.0 cm³/mol. The Morgan fingerprint density at radius 3 is 2.82 bits per heavy atom. The Balaban J connectivity index is 1.98. The Kier molecular flexibility index (Phi) is 3.83. The van der Waals surface area contributed by atoms with Crippen LogP contribution in [0.5, 0.6) is 5.75 Å². The Morgan fingerprint density at radius 2 is 2.05 bits per heavy atom. The highest BCUT2D eigenvalue weighted by molar-refractivity contribution is 7.92. The smallest absolute Gasteiger partial charge is 0.261 e. The van der Waals surface area contributed by atoms with Gasteiger partial charge >= 0.3 is 0 Å². The third-order valence-corrected chi connectivity index (χ3v) is 5.30. The first-order chi connectivity index (χ1) is 10.5. The summed E-state index contributed by atoms with van der Waals surface area (Å²) < 4.78 is 33.5. The zero-order chi connectivity index (χ0) is 15.7. The summed E-state index contributed by atoms with van der Waals surface area (Å²) in [6.07, 6.45) is 1.53. The van der Waals surface area contributed by atoms with Crippen molar-refractivity contribution in [1.82, 2.24) is 0 Å². The highest BCUT2D eigenvalue weighted by atomic mass is 32.2. The zero-order valence-electron chi connectivity index (χ0n) is 12.7. The molecule has 0 bridgehead atoms. The summed E-state index contributed by atoms with van der Waals surface area (Å²) in [6.45, 7) is 4.54. The second-order valence-corrected chi connectivity index (χ2v) is 7.12. The van der Waals surface area contributed by atoms with Crippen molar-refractivity contribution < 1.29 is 13.2 Å². The summed E-state index contributed by atoms with van der Waals surface area (Å²) in [5.41, 5.74) is 3.55. The first-order valence-electron chi connectivity index (χ1n) is 7.38. The molecule has 5 heteroatoms. The van der Waals surface area contributed by atoms with E-state index in [-0.39, 0.29) is 4.90 Å². The van der Waals surface area contributed by atoms with Gasteiger partial charge in [-0.2, -0.15) is 0 Å². The molecular weight excluding hydrogens is 298 g/mol. The van der Waals surface area contributed by atoms with E-state index < -0.39 is 10.0 Å². The third-order valence-electron chi connectivity index (χ3n) is 3.95. The number of fused-ring (bicyclic) bond motifs is 1. The fraction of sp³-hybridized carbons (Fsp3) is 0.294. The average Bonchev–Trinajstić information content (AvgIpc) is 2.96. The number of ether oxygens (including phenoxy) is 1. The molecule has 3 rings (SSSR count). The van der Waals surface area contributed by atoms with Crippen LogP contribution < -0.4 is 9.46 Å². The molecule has 2 aromatic rings. The summed E-state index contributed by atoms with van der Waals surface area (Å²) in [5, 5.41) is 0. The van der Waals surface area contributed by atoms with Gasteiger partial charge in [0, 0.05) is 6.42 Å². The molecule has 2 aromatic carbocycles. The van der Waals surface area contributed by atoms with Crippen LogP contribution in [0.15, 0.2) is 41.3 Å². The first-order valence-corrected chi connectivity index (χ1v) is 8.86. The molecule has 0 saturated heterocycles. The van der Waals surface area contributed by atoms with Gasteiger partial charge in [-0.1, -0.05) is 25.1 Å². The van der Waals surface area contributed by atoms with Crippen molar-refractivity contribution in [3.05, 3.63) is 53.1 Å². The van der Waals surface area contributed by atoms with Crippen molar-refractivity contribution in [2.24, 2.45) is 0 Å². The van der Waals surface area contributed by atoms with Crippen LogP contribution in [0.1, 0.15) is 23.6 Å². The lowest BCUT2D eigenvalue weighted by Crippen LogP contribution is -2.15. The minimum Gasteiger partial charge on any atom is -0.493 e. The van der Waals surface area contributed by atoms with Crippen molar-refractivity contribution in [3.63, 3.8) is 0 Å². The average molecular weight is 317 g/mol. The van der Waals surface area contributed by atoms with E-state index in [2.05, 4.69) is 4.72 Å². The van der Waals surface area contributed by atoms with E-state index >= 15 is 0 Å². The van der Waals surface area contributed by atoms with E-state index in [9.17, 15) is 8.42 Å². The van der Waals surface area contributed by atoms with E-state index in [1.54, 1.807) is 18.2 Å². The minimum absolute atomic E-state index is 0.280. The van der Waals surface area contributed by atoms with Crippen LogP contribution in [0.25, 0.3) is 0 Å². The van der Waals surface area contributed by atoms with Crippen LogP contribution in [0.4, 0.5) is 5.69 Å². The molecule has 1 aliphatic rings. The quantitative estimate of drug-likeness (QED) is 0.941. The van der Waals surface area contributed by atoms with Gasteiger partial charge in [-0.25, -0.2) is 8.42 Å². The molecule has 0 aromatic heterocycles. The maximum Gasteiger partial charge on any atom is 0.261 e. The molecule has 116 valence electrons. The van der Waals surface area contributed by atoms with Gasteiger partial charge in [0.1, 0.15) is 5.75 Å².